The van der Waals surface area contributed by atoms with E-state index in [1.807, 2.05) is 37.3 Å². The van der Waals surface area contributed by atoms with Crippen molar-refractivity contribution in [3.8, 4) is 5.88 Å². The second-order valence-corrected chi connectivity index (χ2v) is 4.89. The van der Waals surface area contributed by atoms with Crippen LogP contribution < -0.4 is 10.1 Å². The van der Waals surface area contributed by atoms with Crippen LogP contribution in [0.4, 0.5) is 13.2 Å². The van der Waals surface area contributed by atoms with E-state index in [4.69, 9.17) is 0 Å². The molecule has 1 N–H and O–H groups in total. The first kappa shape index (κ1) is 16.8. The second-order valence-electron chi connectivity index (χ2n) is 4.89. The molecule has 4 nitrogen and oxygen atoms in total. The van der Waals surface area contributed by atoms with E-state index >= 15 is 0 Å². The lowest BCUT2D eigenvalue weighted by Crippen LogP contribution is -2.26. The molecule has 0 saturated carbocycles. The van der Waals surface area contributed by atoms with E-state index in [1.54, 1.807) is 0 Å². The van der Waals surface area contributed by atoms with Gasteiger partial charge in [0.1, 0.15) is 0 Å². The summed E-state index contributed by atoms with van der Waals surface area (Å²) in [6.07, 6.45) is -3.25. The van der Waals surface area contributed by atoms with Gasteiger partial charge < -0.3 is 10.1 Å². The molecule has 0 saturated heterocycles. The maximum atomic E-state index is 12.1. The van der Waals surface area contributed by atoms with E-state index in [9.17, 15) is 18.0 Å². The first-order valence-corrected chi connectivity index (χ1v) is 6.86. The molecule has 2 aromatic rings. The number of rotatable bonds is 5. The van der Waals surface area contributed by atoms with Crippen LogP contribution in [-0.2, 0) is 0 Å². The highest BCUT2D eigenvalue weighted by atomic mass is 19.4. The van der Waals surface area contributed by atoms with Gasteiger partial charge in [-0.2, -0.15) is 13.2 Å². The van der Waals surface area contributed by atoms with E-state index < -0.39 is 12.8 Å². The Morgan fingerprint density at radius 2 is 1.91 bits per heavy atom. The van der Waals surface area contributed by atoms with Crippen LogP contribution in [0.2, 0.25) is 0 Å². The summed E-state index contributed by atoms with van der Waals surface area (Å²) in [6.45, 7) is 0.415. The van der Waals surface area contributed by atoms with Crippen LogP contribution in [0, 0.1) is 0 Å². The Hall–Kier alpha value is -2.57. The minimum absolute atomic E-state index is 0.185. The minimum atomic E-state index is -4.43. The molecule has 0 aliphatic heterocycles. The molecule has 0 aliphatic rings. The third-order valence-corrected chi connectivity index (χ3v) is 3.03. The fraction of sp³-hybridized carbons (Fsp3) is 0.250. The standard InChI is InChI=1S/C16H15F3N2O2/c1-11(12-5-3-2-4-6-12)21-15(22)13-7-8-14(20-9-13)23-10-16(17,18)19/h2-9,11H,10H2,1H3,(H,21,22)/t11-/m0/s1. The normalized spacial score (nSPS) is 12.5. The molecule has 7 heteroatoms. The Balaban J connectivity index is 1.95. The van der Waals surface area contributed by atoms with Gasteiger partial charge in [0.05, 0.1) is 11.6 Å². The Bertz CT molecular complexity index is 643. The molecule has 23 heavy (non-hydrogen) atoms. The van der Waals surface area contributed by atoms with Crippen molar-refractivity contribution in [2.24, 2.45) is 0 Å². The number of amides is 1. The third kappa shape index (κ3) is 5.28. The molecular formula is C16H15F3N2O2. The van der Waals surface area contributed by atoms with Gasteiger partial charge in [-0.3, -0.25) is 4.79 Å². The summed E-state index contributed by atoms with van der Waals surface area (Å²) in [7, 11) is 0. The summed E-state index contributed by atoms with van der Waals surface area (Å²) in [5, 5.41) is 2.79. The van der Waals surface area contributed by atoms with Gasteiger partial charge in [-0.25, -0.2) is 4.98 Å². The largest absolute Gasteiger partial charge is 0.468 e. The van der Waals surface area contributed by atoms with Crippen molar-refractivity contribution in [1.29, 1.82) is 0 Å². The number of alkyl halides is 3. The van der Waals surface area contributed by atoms with Gasteiger partial charge in [0.2, 0.25) is 5.88 Å². The highest BCUT2D eigenvalue weighted by Gasteiger charge is 2.28. The van der Waals surface area contributed by atoms with Crippen LogP contribution >= 0.6 is 0 Å². The predicted molar refractivity (Wildman–Crippen MR) is 78.1 cm³/mol. The molecule has 0 spiro atoms. The summed E-state index contributed by atoms with van der Waals surface area (Å²) in [4.78, 5) is 15.8. The molecule has 0 bridgehead atoms. The zero-order valence-electron chi connectivity index (χ0n) is 12.3. The molecule has 1 aromatic carbocycles. The fourth-order valence-corrected chi connectivity index (χ4v) is 1.86. The predicted octanol–water partition coefficient (Wildman–Crippen LogP) is 3.51. The maximum absolute atomic E-state index is 12.1. The maximum Gasteiger partial charge on any atom is 0.422 e. The minimum Gasteiger partial charge on any atom is -0.468 e. The summed E-state index contributed by atoms with van der Waals surface area (Å²) in [5.41, 5.74) is 1.19. The van der Waals surface area contributed by atoms with Crippen molar-refractivity contribution in [3.63, 3.8) is 0 Å². The van der Waals surface area contributed by atoms with Gasteiger partial charge in [-0.05, 0) is 18.6 Å². The van der Waals surface area contributed by atoms with Crippen molar-refractivity contribution in [2.75, 3.05) is 6.61 Å². The van der Waals surface area contributed by atoms with Gasteiger partial charge in [0.15, 0.2) is 6.61 Å². The second kappa shape index (κ2) is 7.13. The van der Waals surface area contributed by atoms with E-state index in [0.717, 1.165) is 5.56 Å². The molecule has 1 aromatic heterocycles. The van der Waals surface area contributed by atoms with E-state index in [0.29, 0.717) is 0 Å². The van der Waals surface area contributed by atoms with Crippen LogP contribution in [0.5, 0.6) is 5.88 Å². The van der Waals surface area contributed by atoms with E-state index in [-0.39, 0.29) is 23.4 Å². The summed E-state index contributed by atoms with van der Waals surface area (Å²) in [5.74, 6) is -0.550. The van der Waals surface area contributed by atoms with Crippen molar-refractivity contribution < 1.29 is 22.7 Å². The third-order valence-electron chi connectivity index (χ3n) is 3.03. The lowest BCUT2D eigenvalue weighted by Gasteiger charge is -2.14. The summed E-state index contributed by atoms with van der Waals surface area (Å²) in [6, 6.07) is 11.8. The average Bonchev–Trinajstić information content (AvgIpc) is 2.53. The Morgan fingerprint density at radius 3 is 2.48 bits per heavy atom. The highest BCUT2D eigenvalue weighted by molar-refractivity contribution is 5.94. The van der Waals surface area contributed by atoms with Gasteiger partial charge in [-0.1, -0.05) is 30.3 Å². The lowest BCUT2D eigenvalue weighted by molar-refractivity contribution is -0.154. The molecule has 0 radical (unpaired) electrons. The Morgan fingerprint density at radius 1 is 1.22 bits per heavy atom. The number of ether oxygens (including phenoxy) is 1. The average molecular weight is 324 g/mol. The van der Waals surface area contributed by atoms with Crippen molar-refractivity contribution in [2.45, 2.75) is 19.1 Å². The smallest absolute Gasteiger partial charge is 0.422 e. The highest BCUT2D eigenvalue weighted by Crippen LogP contribution is 2.17. The monoisotopic (exact) mass is 324 g/mol. The van der Waals surface area contributed by atoms with Crippen LogP contribution in [0.25, 0.3) is 0 Å². The molecule has 122 valence electrons. The van der Waals surface area contributed by atoms with Crippen LogP contribution in [-0.4, -0.2) is 23.7 Å². The number of halogens is 3. The number of benzene rings is 1. The van der Waals surface area contributed by atoms with Crippen LogP contribution in [0.15, 0.2) is 48.7 Å². The zero-order valence-corrected chi connectivity index (χ0v) is 12.3. The topological polar surface area (TPSA) is 51.2 Å². The first-order valence-electron chi connectivity index (χ1n) is 6.86. The lowest BCUT2D eigenvalue weighted by atomic mass is 10.1. The number of hydrogen-bond acceptors (Lipinski definition) is 3. The number of carbonyl (C=O) groups is 1. The fourth-order valence-electron chi connectivity index (χ4n) is 1.86. The number of carbonyl (C=O) groups excluding carboxylic acids is 1. The SMILES string of the molecule is C[C@H](NC(=O)c1ccc(OCC(F)(F)F)nc1)c1ccccc1. The van der Waals surface area contributed by atoms with Gasteiger partial charge in [0.25, 0.3) is 5.91 Å². The van der Waals surface area contributed by atoms with Crippen molar-refractivity contribution >= 4 is 5.91 Å². The van der Waals surface area contributed by atoms with Crippen molar-refractivity contribution in [3.05, 3.63) is 59.8 Å². The van der Waals surface area contributed by atoms with Crippen LogP contribution in [0.1, 0.15) is 28.9 Å². The molecule has 0 unspecified atom stereocenters. The van der Waals surface area contributed by atoms with Crippen LogP contribution in [0.3, 0.4) is 0 Å². The number of nitrogens with zero attached hydrogens (tertiary/aromatic N) is 1. The van der Waals surface area contributed by atoms with E-state index in [2.05, 4.69) is 15.0 Å². The summed E-state index contributed by atoms with van der Waals surface area (Å²) < 4.78 is 40.6. The number of pyridine rings is 1. The number of aromatic nitrogens is 1. The quantitative estimate of drug-likeness (QED) is 0.915. The Labute approximate surface area is 131 Å². The molecule has 2 rings (SSSR count). The van der Waals surface area contributed by atoms with Gasteiger partial charge in [0, 0.05) is 12.3 Å². The molecule has 1 atom stereocenters. The van der Waals surface area contributed by atoms with E-state index in [1.165, 1.54) is 18.3 Å². The first-order chi connectivity index (χ1) is 10.8. The molecular weight excluding hydrogens is 309 g/mol. The number of hydrogen-bond donors (Lipinski definition) is 1. The van der Waals surface area contributed by atoms with Gasteiger partial charge in [-0.15, -0.1) is 0 Å². The molecule has 1 amide bonds. The zero-order chi connectivity index (χ0) is 16.9. The molecule has 1 heterocycles. The van der Waals surface area contributed by atoms with Gasteiger partial charge >= 0.3 is 6.18 Å². The Kier molecular flexibility index (Phi) is 5.20. The van der Waals surface area contributed by atoms with Crippen molar-refractivity contribution in [1.82, 2.24) is 10.3 Å². The molecule has 0 aliphatic carbocycles. The number of nitrogens with one attached hydrogen (secondary N) is 1. The summed E-state index contributed by atoms with van der Waals surface area (Å²) >= 11 is 0. The molecule has 0 fully saturated rings.